The smallest absolute Gasteiger partial charge is 0.273 e. The molecule has 0 atom stereocenters. The number of nitrogens with zero attached hydrogens (tertiary/aromatic N) is 1. The molecule has 5 heteroatoms. The van der Waals surface area contributed by atoms with Gasteiger partial charge in [0.15, 0.2) is 0 Å². The molecule has 0 radical (unpaired) electrons. The Hall–Kier alpha value is -3.08. The Balaban J connectivity index is 1.87. The zero-order valence-corrected chi connectivity index (χ0v) is 14.8. The van der Waals surface area contributed by atoms with Gasteiger partial charge in [0, 0.05) is 11.3 Å². The number of hydrogen-bond acceptors (Lipinski definition) is 3. The first-order valence-electron chi connectivity index (χ1n) is 8.10. The third-order valence-corrected chi connectivity index (χ3v) is 4.35. The normalized spacial score (nSPS) is 10.7. The molecule has 1 heterocycles. The second-order valence-corrected chi connectivity index (χ2v) is 6.39. The molecule has 0 bridgehead atoms. The molecular formula is C20H21N3O2. The summed E-state index contributed by atoms with van der Waals surface area (Å²) in [5.74, 6) is -0.119. The zero-order valence-electron chi connectivity index (χ0n) is 14.8. The Morgan fingerprint density at radius 1 is 1.00 bits per heavy atom. The highest BCUT2D eigenvalue weighted by atomic mass is 16.3. The number of aryl methyl sites for hydroxylation is 4. The maximum atomic E-state index is 12.5. The van der Waals surface area contributed by atoms with Crippen molar-refractivity contribution in [2.24, 2.45) is 0 Å². The van der Waals surface area contributed by atoms with Crippen LogP contribution in [-0.4, -0.2) is 21.2 Å². The molecule has 3 aromatic rings. The Labute approximate surface area is 146 Å². The van der Waals surface area contributed by atoms with Crippen LogP contribution in [0.1, 0.15) is 32.7 Å². The summed E-state index contributed by atoms with van der Waals surface area (Å²) in [6, 6.07) is 11.1. The second-order valence-electron chi connectivity index (χ2n) is 6.39. The van der Waals surface area contributed by atoms with Gasteiger partial charge in [0.25, 0.3) is 5.91 Å². The quantitative estimate of drug-likeness (QED) is 0.669. The summed E-state index contributed by atoms with van der Waals surface area (Å²) in [4.78, 5) is 12.5. The van der Waals surface area contributed by atoms with Crippen LogP contribution in [0.3, 0.4) is 0 Å². The number of H-pyrrole nitrogens is 1. The average molecular weight is 335 g/mol. The third-order valence-electron chi connectivity index (χ3n) is 4.35. The van der Waals surface area contributed by atoms with E-state index in [0.717, 1.165) is 27.9 Å². The van der Waals surface area contributed by atoms with Gasteiger partial charge in [0.05, 0.1) is 5.69 Å². The lowest BCUT2D eigenvalue weighted by atomic mass is 10.0. The first-order chi connectivity index (χ1) is 11.8. The third kappa shape index (κ3) is 3.40. The lowest BCUT2D eigenvalue weighted by Gasteiger charge is -2.08. The van der Waals surface area contributed by atoms with E-state index in [1.54, 1.807) is 12.1 Å². The maximum absolute atomic E-state index is 12.5. The topological polar surface area (TPSA) is 78.0 Å². The summed E-state index contributed by atoms with van der Waals surface area (Å²) >= 11 is 0. The summed E-state index contributed by atoms with van der Waals surface area (Å²) in [7, 11) is 0. The molecule has 0 aliphatic heterocycles. The van der Waals surface area contributed by atoms with Gasteiger partial charge in [-0.1, -0.05) is 12.1 Å². The van der Waals surface area contributed by atoms with Crippen LogP contribution in [0, 0.1) is 27.7 Å². The van der Waals surface area contributed by atoms with Crippen molar-refractivity contribution in [3.8, 4) is 17.0 Å². The molecule has 0 spiro atoms. The highest BCUT2D eigenvalue weighted by Crippen LogP contribution is 2.31. The SMILES string of the molecule is Cc1ccc(C)c(NC(=O)c2cc(-c3cc(C)c(C)cc3O)n[nH]2)c1. The van der Waals surface area contributed by atoms with Gasteiger partial charge in [-0.25, -0.2) is 0 Å². The minimum atomic E-state index is -0.268. The van der Waals surface area contributed by atoms with Crippen molar-refractivity contribution in [1.82, 2.24) is 10.2 Å². The van der Waals surface area contributed by atoms with Crippen molar-refractivity contribution in [3.63, 3.8) is 0 Å². The Morgan fingerprint density at radius 3 is 2.48 bits per heavy atom. The van der Waals surface area contributed by atoms with E-state index in [1.807, 2.05) is 52.0 Å². The summed E-state index contributed by atoms with van der Waals surface area (Å²) in [5, 5.41) is 20.0. The first kappa shape index (κ1) is 16.8. The van der Waals surface area contributed by atoms with E-state index >= 15 is 0 Å². The highest BCUT2D eigenvalue weighted by Gasteiger charge is 2.15. The number of carbonyl (C=O) groups is 1. The van der Waals surface area contributed by atoms with Gasteiger partial charge in [-0.3, -0.25) is 9.89 Å². The van der Waals surface area contributed by atoms with Gasteiger partial charge in [-0.2, -0.15) is 5.10 Å². The van der Waals surface area contributed by atoms with Crippen LogP contribution >= 0.6 is 0 Å². The number of anilines is 1. The summed E-state index contributed by atoms with van der Waals surface area (Å²) in [5.41, 5.74) is 6.37. The zero-order chi connectivity index (χ0) is 18.1. The predicted octanol–water partition coefficient (Wildman–Crippen LogP) is 4.27. The van der Waals surface area contributed by atoms with E-state index < -0.39 is 0 Å². The molecule has 0 saturated heterocycles. The molecule has 5 nitrogen and oxygen atoms in total. The van der Waals surface area contributed by atoms with Crippen molar-refractivity contribution in [2.45, 2.75) is 27.7 Å². The van der Waals surface area contributed by atoms with Gasteiger partial charge in [0.2, 0.25) is 0 Å². The van der Waals surface area contributed by atoms with Crippen LogP contribution in [-0.2, 0) is 0 Å². The molecule has 0 unspecified atom stereocenters. The molecule has 1 aromatic heterocycles. The number of aromatic hydroxyl groups is 1. The molecule has 128 valence electrons. The van der Waals surface area contributed by atoms with Crippen molar-refractivity contribution < 1.29 is 9.90 Å². The number of carbonyl (C=O) groups excluding carboxylic acids is 1. The second kappa shape index (κ2) is 6.43. The molecule has 2 aromatic carbocycles. The largest absolute Gasteiger partial charge is 0.507 e. The van der Waals surface area contributed by atoms with Crippen LogP contribution in [0.25, 0.3) is 11.3 Å². The minimum Gasteiger partial charge on any atom is -0.507 e. The fourth-order valence-corrected chi connectivity index (χ4v) is 2.64. The summed E-state index contributed by atoms with van der Waals surface area (Å²) in [6.07, 6.45) is 0. The standard InChI is InChI=1S/C20H21N3O2/c1-11-5-6-12(2)16(7-11)21-20(25)18-10-17(22-23-18)15-8-13(3)14(4)9-19(15)24/h5-10,24H,1-4H3,(H,21,25)(H,22,23). The summed E-state index contributed by atoms with van der Waals surface area (Å²) in [6.45, 7) is 7.83. The van der Waals surface area contributed by atoms with Gasteiger partial charge < -0.3 is 10.4 Å². The van der Waals surface area contributed by atoms with Crippen molar-refractivity contribution in [3.05, 3.63) is 64.3 Å². The molecule has 0 saturated carbocycles. The number of rotatable bonds is 3. The van der Waals surface area contributed by atoms with Crippen molar-refractivity contribution in [1.29, 1.82) is 0 Å². The molecule has 3 rings (SSSR count). The fourth-order valence-electron chi connectivity index (χ4n) is 2.64. The molecule has 0 fully saturated rings. The molecule has 0 aliphatic carbocycles. The van der Waals surface area contributed by atoms with Crippen LogP contribution in [0.15, 0.2) is 36.4 Å². The van der Waals surface area contributed by atoms with Crippen LogP contribution < -0.4 is 5.32 Å². The summed E-state index contributed by atoms with van der Waals surface area (Å²) < 4.78 is 0. The predicted molar refractivity (Wildman–Crippen MR) is 99.0 cm³/mol. The van der Waals surface area contributed by atoms with Gasteiger partial charge >= 0.3 is 0 Å². The number of nitrogens with one attached hydrogen (secondary N) is 2. The lowest BCUT2D eigenvalue weighted by molar-refractivity contribution is 0.102. The van der Waals surface area contributed by atoms with Crippen LogP contribution in [0.5, 0.6) is 5.75 Å². The Kier molecular flexibility index (Phi) is 4.31. The number of benzene rings is 2. The number of aromatic nitrogens is 2. The minimum absolute atomic E-state index is 0.149. The molecule has 25 heavy (non-hydrogen) atoms. The Bertz CT molecular complexity index is 958. The number of hydrogen-bond donors (Lipinski definition) is 3. The van der Waals surface area contributed by atoms with E-state index in [1.165, 1.54) is 0 Å². The van der Waals surface area contributed by atoms with Crippen molar-refractivity contribution >= 4 is 11.6 Å². The van der Waals surface area contributed by atoms with E-state index in [0.29, 0.717) is 17.0 Å². The maximum Gasteiger partial charge on any atom is 0.273 e. The van der Waals surface area contributed by atoms with E-state index in [2.05, 4.69) is 15.5 Å². The molecule has 1 amide bonds. The first-order valence-corrected chi connectivity index (χ1v) is 8.10. The van der Waals surface area contributed by atoms with E-state index in [4.69, 9.17) is 0 Å². The van der Waals surface area contributed by atoms with Gasteiger partial charge in [-0.15, -0.1) is 0 Å². The number of phenols is 1. The van der Waals surface area contributed by atoms with E-state index in [-0.39, 0.29) is 11.7 Å². The number of aromatic amines is 1. The molecule has 3 N–H and O–H groups in total. The lowest BCUT2D eigenvalue weighted by Crippen LogP contribution is -2.13. The number of phenolic OH excluding ortho intramolecular Hbond substituents is 1. The van der Waals surface area contributed by atoms with Crippen LogP contribution in [0.2, 0.25) is 0 Å². The number of amides is 1. The Morgan fingerprint density at radius 2 is 1.72 bits per heavy atom. The van der Waals surface area contributed by atoms with E-state index in [9.17, 15) is 9.90 Å². The van der Waals surface area contributed by atoms with Gasteiger partial charge in [0.1, 0.15) is 11.4 Å². The van der Waals surface area contributed by atoms with Crippen molar-refractivity contribution in [2.75, 3.05) is 5.32 Å². The highest BCUT2D eigenvalue weighted by molar-refractivity contribution is 6.04. The molecule has 0 aliphatic rings. The average Bonchev–Trinajstić information content (AvgIpc) is 3.04. The van der Waals surface area contributed by atoms with Gasteiger partial charge in [-0.05, 0) is 74.2 Å². The molecular weight excluding hydrogens is 314 g/mol. The monoisotopic (exact) mass is 335 g/mol. The fraction of sp³-hybridized carbons (Fsp3) is 0.200. The van der Waals surface area contributed by atoms with Crippen LogP contribution in [0.4, 0.5) is 5.69 Å².